The molecular formula is C12H15F11N2O3S. The van der Waals surface area contributed by atoms with E-state index in [1.54, 1.807) is 0 Å². The zero-order valence-corrected chi connectivity index (χ0v) is 15.2. The minimum Gasteiger partial charge on any atom is -0.379 e. The van der Waals surface area contributed by atoms with E-state index >= 15 is 0 Å². The van der Waals surface area contributed by atoms with E-state index < -0.39 is 50.1 Å². The molecule has 1 fully saturated rings. The fourth-order valence-corrected chi connectivity index (χ4v) is 3.31. The largest absolute Gasteiger partial charge is 0.460 e. The SMILES string of the molecule is CN(CCN1CCOCC1)S(=O)(=O)C(F)(F)C(F)(F)C(F)(F)C(F)(F)C(F)(F)F. The average molecular weight is 476 g/mol. The number of nitrogens with zero attached hydrogens (tertiary/aromatic N) is 2. The normalized spacial score (nSPS) is 19.1. The fraction of sp³-hybridized carbons (Fsp3) is 1.00. The van der Waals surface area contributed by atoms with Crippen molar-refractivity contribution in [3.63, 3.8) is 0 Å². The molecular weight excluding hydrogens is 461 g/mol. The van der Waals surface area contributed by atoms with Crippen LogP contribution >= 0.6 is 0 Å². The van der Waals surface area contributed by atoms with Crippen LogP contribution in [0.3, 0.4) is 0 Å². The van der Waals surface area contributed by atoms with Crippen molar-refractivity contribution in [2.75, 3.05) is 46.4 Å². The van der Waals surface area contributed by atoms with Crippen LogP contribution in [0.4, 0.5) is 48.3 Å². The van der Waals surface area contributed by atoms with Gasteiger partial charge in [0.25, 0.3) is 10.0 Å². The lowest BCUT2D eigenvalue weighted by molar-refractivity contribution is -0.413. The van der Waals surface area contributed by atoms with Gasteiger partial charge >= 0.3 is 29.2 Å². The Morgan fingerprint density at radius 2 is 1.28 bits per heavy atom. The van der Waals surface area contributed by atoms with Crippen LogP contribution in [-0.4, -0.2) is 93.3 Å². The molecule has 29 heavy (non-hydrogen) atoms. The molecule has 0 amide bonds. The molecule has 1 rings (SSSR count). The highest BCUT2D eigenvalue weighted by Gasteiger charge is 2.89. The van der Waals surface area contributed by atoms with Gasteiger partial charge in [-0.2, -0.15) is 52.6 Å². The first-order valence-corrected chi connectivity index (χ1v) is 9.03. The Bertz CT molecular complexity index is 675. The molecule has 0 aromatic heterocycles. The molecule has 0 atom stereocenters. The van der Waals surface area contributed by atoms with Crippen molar-refractivity contribution in [3.05, 3.63) is 0 Å². The average Bonchev–Trinajstić information content (AvgIpc) is 2.58. The maximum Gasteiger partial charge on any atom is 0.460 e. The summed E-state index contributed by atoms with van der Waals surface area (Å²) in [4.78, 5) is 1.43. The van der Waals surface area contributed by atoms with Crippen LogP contribution in [0.15, 0.2) is 0 Å². The van der Waals surface area contributed by atoms with E-state index in [4.69, 9.17) is 4.74 Å². The van der Waals surface area contributed by atoms with Crippen LogP contribution in [0, 0.1) is 0 Å². The maximum atomic E-state index is 13.8. The summed E-state index contributed by atoms with van der Waals surface area (Å²) in [5, 5.41) is -6.99. The molecule has 0 bridgehead atoms. The van der Waals surface area contributed by atoms with Gasteiger partial charge in [-0.25, -0.2) is 8.42 Å². The Balaban J connectivity index is 3.17. The number of sulfonamides is 1. The summed E-state index contributed by atoms with van der Waals surface area (Å²) >= 11 is 0. The number of morpholine rings is 1. The molecule has 17 heteroatoms. The summed E-state index contributed by atoms with van der Waals surface area (Å²) < 4.78 is 171. The van der Waals surface area contributed by atoms with Gasteiger partial charge in [-0.05, 0) is 0 Å². The van der Waals surface area contributed by atoms with Gasteiger partial charge in [-0.15, -0.1) is 0 Å². The third kappa shape index (κ3) is 4.27. The number of rotatable bonds is 8. The standard InChI is InChI=1S/C12H15F11N2O3S/c1-24(2-3-25-4-6-28-7-5-25)29(26,27)12(22,23)10(17,18)8(13,14)9(15,16)11(19,20)21/h2-7H2,1H3. The second-order valence-corrected chi connectivity index (χ2v) is 8.10. The minimum atomic E-state index is -7.78. The number of ether oxygens (including phenoxy) is 1. The van der Waals surface area contributed by atoms with Crippen molar-refractivity contribution in [1.29, 1.82) is 0 Å². The van der Waals surface area contributed by atoms with Crippen molar-refractivity contribution in [2.45, 2.75) is 29.2 Å². The molecule has 1 heterocycles. The summed E-state index contributed by atoms with van der Waals surface area (Å²) in [5.41, 5.74) is 0. The quantitative estimate of drug-likeness (QED) is 0.506. The lowest BCUT2D eigenvalue weighted by atomic mass is 10.0. The number of hydrogen-bond donors (Lipinski definition) is 0. The molecule has 0 aromatic rings. The summed E-state index contributed by atoms with van der Waals surface area (Å²) in [6.45, 7) is -0.593. The molecule has 1 saturated heterocycles. The predicted molar refractivity (Wildman–Crippen MR) is 74.7 cm³/mol. The summed E-state index contributed by atoms with van der Waals surface area (Å²) in [5.74, 6) is -23.0. The van der Waals surface area contributed by atoms with Crippen molar-refractivity contribution in [1.82, 2.24) is 9.21 Å². The Labute approximate surface area is 157 Å². The van der Waals surface area contributed by atoms with Crippen LogP contribution < -0.4 is 0 Å². The molecule has 0 aromatic carbocycles. The van der Waals surface area contributed by atoms with E-state index in [1.807, 2.05) is 0 Å². The molecule has 0 aliphatic carbocycles. The first kappa shape index (κ1) is 26.1. The molecule has 5 nitrogen and oxygen atoms in total. The second kappa shape index (κ2) is 7.96. The Morgan fingerprint density at radius 1 is 0.828 bits per heavy atom. The number of alkyl halides is 11. The third-order valence-corrected chi connectivity index (χ3v) is 5.99. The van der Waals surface area contributed by atoms with E-state index in [1.165, 1.54) is 4.90 Å². The van der Waals surface area contributed by atoms with Crippen LogP contribution in [0.25, 0.3) is 0 Å². The fourth-order valence-electron chi connectivity index (χ4n) is 2.14. The van der Waals surface area contributed by atoms with Crippen LogP contribution in [-0.2, 0) is 14.8 Å². The van der Waals surface area contributed by atoms with Gasteiger partial charge in [-0.3, -0.25) is 4.90 Å². The summed E-state index contributed by atoms with van der Waals surface area (Å²) in [7, 11) is -6.51. The highest BCUT2D eigenvalue weighted by molar-refractivity contribution is 7.90. The van der Waals surface area contributed by atoms with Gasteiger partial charge in [0.1, 0.15) is 0 Å². The Hall–Kier alpha value is -0.940. The lowest BCUT2D eigenvalue weighted by Crippen LogP contribution is -2.69. The third-order valence-electron chi connectivity index (χ3n) is 4.08. The zero-order valence-electron chi connectivity index (χ0n) is 14.4. The first-order valence-electron chi connectivity index (χ1n) is 7.59. The molecule has 0 unspecified atom stereocenters. The minimum absolute atomic E-state index is 0.170. The lowest BCUT2D eigenvalue weighted by Gasteiger charge is -2.38. The monoisotopic (exact) mass is 476 g/mol. The van der Waals surface area contributed by atoms with E-state index in [0.717, 1.165) is 0 Å². The Kier molecular flexibility index (Phi) is 7.16. The Morgan fingerprint density at radius 3 is 1.69 bits per heavy atom. The molecule has 174 valence electrons. The van der Waals surface area contributed by atoms with Gasteiger partial charge in [0.2, 0.25) is 0 Å². The highest BCUT2D eigenvalue weighted by Crippen LogP contribution is 2.58. The predicted octanol–water partition coefficient (Wildman–Crippen LogP) is 2.64. The van der Waals surface area contributed by atoms with Crippen molar-refractivity contribution >= 4 is 10.0 Å². The summed E-state index contributed by atoms with van der Waals surface area (Å²) in [6.07, 6.45) is -7.36. The number of hydrogen-bond acceptors (Lipinski definition) is 4. The van der Waals surface area contributed by atoms with E-state index in [-0.39, 0.29) is 39.9 Å². The van der Waals surface area contributed by atoms with E-state index in [9.17, 15) is 56.7 Å². The molecule has 0 spiro atoms. The maximum absolute atomic E-state index is 13.8. The molecule has 1 aliphatic rings. The van der Waals surface area contributed by atoms with Crippen molar-refractivity contribution in [3.8, 4) is 0 Å². The van der Waals surface area contributed by atoms with E-state index in [0.29, 0.717) is 0 Å². The zero-order chi connectivity index (χ0) is 23.1. The second-order valence-electron chi connectivity index (χ2n) is 6.02. The number of likely N-dealkylation sites (N-methyl/N-ethyl adjacent to an activating group) is 1. The van der Waals surface area contributed by atoms with Crippen LogP contribution in [0.1, 0.15) is 0 Å². The molecule has 0 saturated carbocycles. The first-order chi connectivity index (χ1) is 12.7. The van der Waals surface area contributed by atoms with E-state index in [2.05, 4.69) is 0 Å². The van der Waals surface area contributed by atoms with Gasteiger partial charge in [0.05, 0.1) is 13.2 Å². The van der Waals surface area contributed by atoms with Gasteiger partial charge in [-0.1, -0.05) is 0 Å². The van der Waals surface area contributed by atoms with Gasteiger partial charge in [0, 0.05) is 33.2 Å². The van der Waals surface area contributed by atoms with Gasteiger partial charge < -0.3 is 4.74 Å². The topological polar surface area (TPSA) is 49.9 Å². The smallest absolute Gasteiger partial charge is 0.379 e. The molecule has 0 radical (unpaired) electrons. The molecule has 1 aliphatic heterocycles. The summed E-state index contributed by atoms with van der Waals surface area (Å²) in [6, 6.07) is 0. The van der Waals surface area contributed by atoms with Gasteiger partial charge in [0.15, 0.2) is 0 Å². The van der Waals surface area contributed by atoms with Crippen LogP contribution in [0.2, 0.25) is 0 Å². The van der Waals surface area contributed by atoms with Crippen molar-refractivity contribution < 1.29 is 61.4 Å². The highest BCUT2D eigenvalue weighted by atomic mass is 32.2. The van der Waals surface area contributed by atoms with Crippen molar-refractivity contribution in [2.24, 2.45) is 0 Å². The number of halogens is 11. The van der Waals surface area contributed by atoms with Crippen LogP contribution in [0.5, 0.6) is 0 Å². The molecule has 0 N–H and O–H groups in total.